The SMILES string of the molecule is CS(=O)(=O)c1cc2c(c(CN)c1O)CCCC2.Cl. The number of nitrogens with two attached hydrogens (primary N) is 1. The molecule has 1 aromatic carbocycles. The summed E-state index contributed by atoms with van der Waals surface area (Å²) in [6.07, 6.45) is 4.98. The first-order chi connectivity index (χ1) is 7.95. The lowest BCUT2D eigenvalue weighted by Gasteiger charge is -2.21. The van der Waals surface area contributed by atoms with Gasteiger partial charge in [0.15, 0.2) is 9.84 Å². The smallest absolute Gasteiger partial charge is 0.179 e. The Balaban J connectivity index is 0.00000162. The third-order valence-corrected chi connectivity index (χ3v) is 4.41. The van der Waals surface area contributed by atoms with Gasteiger partial charge in [-0.25, -0.2) is 8.42 Å². The second-order valence-corrected chi connectivity index (χ2v) is 6.51. The molecule has 1 aromatic rings. The maximum atomic E-state index is 11.6. The molecule has 0 spiro atoms. The quantitative estimate of drug-likeness (QED) is 0.866. The van der Waals surface area contributed by atoms with Gasteiger partial charge in [-0.3, -0.25) is 0 Å². The summed E-state index contributed by atoms with van der Waals surface area (Å²) in [4.78, 5) is 0.0126. The van der Waals surface area contributed by atoms with Gasteiger partial charge in [0, 0.05) is 18.4 Å². The molecule has 102 valence electrons. The minimum atomic E-state index is -3.41. The van der Waals surface area contributed by atoms with E-state index in [0.29, 0.717) is 5.56 Å². The molecule has 0 amide bonds. The number of sulfone groups is 1. The summed E-state index contributed by atoms with van der Waals surface area (Å²) >= 11 is 0. The van der Waals surface area contributed by atoms with E-state index in [1.165, 1.54) is 0 Å². The first-order valence-corrected chi connectivity index (χ1v) is 7.61. The van der Waals surface area contributed by atoms with Crippen LogP contribution in [0, 0.1) is 0 Å². The highest BCUT2D eigenvalue weighted by Gasteiger charge is 2.23. The molecule has 4 nitrogen and oxygen atoms in total. The number of hydrogen-bond donors (Lipinski definition) is 2. The number of halogens is 1. The Morgan fingerprint density at radius 1 is 1.33 bits per heavy atom. The van der Waals surface area contributed by atoms with Gasteiger partial charge in [-0.2, -0.15) is 0 Å². The van der Waals surface area contributed by atoms with Crippen molar-refractivity contribution in [2.24, 2.45) is 5.73 Å². The zero-order valence-corrected chi connectivity index (χ0v) is 11.9. The second kappa shape index (κ2) is 5.47. The molecule has 0 aliphatic heterocycles. The summed E-state index contributed by atoms with van der Waals surface area (Å²) in [7, 11) is -3.41. The van der Waals surface area contributed by atoms with Crippen LogP contribution in [0.3, 0.4) is 0 Å². The van der Waals surface area contributed by atoms with E-state index in [0.717, 1.165) is 43.1 Å². The van der Waals surface area contributed by atoms with Gasteiger partial charge in [0.05, 0.1) is 0 Å². The van der Waals surface area contributed by atoms with Crippen LogP contribution in [-0.2, 0) is 29.2 Å². The van der Waals surface area contributed by atoms with Crippen LogP contribution in [-0.4, -0.2) is 19.8 Å². The molecule has 0 saturated heterocycles. The summed E-state index contributed by atoms with van der Waals surface area (Å²) in [5.74, 6) is -0.157. The third kappa shape index (κ3) is 2.63. The molecule has 0 saturated carbocycles. The number of aromatic hydroxyl groups is 1. The number of fused-ring (bicyclic) bond motifs is 1. The summed E-state index contributed by atoms with van der Waals surface area (Å²) in [6.45, 7) is 0.178. The van der Waals surface area contributed by atoms with Gasteiger partial charge >= 0.3 is 0 Å². The summed E-state index contributed by atoms with van der Waals surface area (Å²) < 4.78 is 23.2. The number of hydrogen-bond acceptors (Lipinski definition) is 4. The van der Waals surface area contributed by atoms with E-state index in [4.69, 9.17) is 5.73 Å². The van der Waals surface area contributed by atoms with Gasteiger partial charge in [-0.1, -0.05) is 0 Å². The van der Waals surface area contributed by atoms with Crippen LogP contribution in [0.15, 0.2) is 11.0 Å². The van der Waals surface area contributed by atoms with Crippen molar-refractivity contribution in [2.75, 3.05) is 6.26 Å². The predicted octanol–water partition coefficient (Wildman–Crippen LogP) is 1.55. The zero-order chi connectivity index (χ0) is 12.6. The first-order valence-electron chi connectivity index (χ1n) is 5.72. The predicted molar refractivity (Wildman–Crippen MR) is 73.0 cm³/mol. The Labute approximate surface area is 114 Å². The number of rotatable bonds is 2. The molecule has 6 heteroatoms. The molecule has 18 heavy (non-hydrogen) atoms. The van der Waals surface area contributed by atoms with Crippen LogP contribution in [0.2, 0.25) is 0 Å². The summed E-state index contributed by atoms with van der Waals surface area (Å²) in [5.41, 5.74) is 8.30. The number of benzene rings is 1. The van der Waals surface area contributed by atoms with E-state index < -0.39 is 9.84 Å². The maximum absolute atomic E-state index is 11.6. The normalized spacial score (nSPS) is 14.8. The number of phenols is 1. The zero-order valence-electron chi connectivity index (χ0n) is 10.3. The van der Waals surface area contributed by atoms with E-state index in [1.54, 1.807) is 6.07 Å². The van der Waals surface area contributed by atoms with E-state index in [1.807, 2.05) is 0 Å². The Hall–Kier alpha value is -0.780. The Kier molecular flexibility index (Phi) is 4.64. The van der Waals surface area contributed by atoms with E-state index in [2.05, 4.69) is 0 Å². The van der Waals surface area contributed by atoms with Crippen LogP contribution in [0.1, 0.15) is 29.5 Å². The Bertz CT molecular complexity index is 555. The lowest BCUT2D eigenvalue weighted by atomic mass is 9.88. The Morgan fingerprint density at radius 3 is 2.50 bits per heavy atom. The van der Waals surface area contributed by atoms with Crippen molar-refractivity contribution in [3.63, 3.8) is 0 Å². The molecule has 0 radical (unpaired) electrons. The summed E-state index contributed by atoms with van der Waals surface area (Å²) in [5, 5.41) is 10.0. The molecule has 0 aromatic heterocycles. The molecular weight excluding hydrogens is 274 g/mol. The van der Waals surface area contributed by atoms with Crippen LogP contribution in [0.25, 0.3) is 0 Å². The third-order valence-electron chi connectivity index (χ3n) is 3.30. The van der Waals surface area contributed by atoms with Crippen molar-refractivity contribution in [1.82, 2.24) is 0 Å². The fourth-order valence-electron chi connectivity index (χ4n) is 2.45. The highest BCUT2D eigenvalue weighted by molar-refractivity contribution is 7.90. The van der Waals surface area contributed by atoms with Crippen LogP contribution >= 0.6 is 12.4 Å². The molecule has 1 aliphatic carbocycles. The average Bonchev–Trinajstić information content (AvgIpc) is 2.27. The highest BCUT2D eigenvalue weighted by atomic mass is 35.5. The van der Waals surface area contributed by atoms with Gasteiger partial charge in [-0.05, 0) is 42.9 Å². The molecular formula is C12H18ClNO3S. The van der Waals surface area contributed by atoms with Crippen molar-refractivity contribution in [3.05, 3.63) is 22.8 Å². The van der Waals surface area contributed by atoms with Crippen LogP contribution in [0.4, 0.5) is 0 Å². The van der Waals surface area contributed by atoms with Crippen molar-refractivity contribution in [3.8, 4) is 5.75 Å². The fourth-order valence-corrected chi connectivity index (χ4v) is 3.28. The van der Waals surface area contributed by atoms with Crippen molar-refractivity contribution in [2.45, 2.75) is 37.1 Å². The highest BCUT2D eigenvalue weighted by Crippen LogP contribution is 2.35. The van der Waals surface area contributed by atoms with E-state index in [9.17, 15) is 13.5 Å². The number of aryl methyl sites for hydroxylation is 1. The van der Waals surface area contributed by atoms with Crippen LogP contribution < -0.4 is 5.73 Å². The van der Waals surface area contributed by atoms with E-state index in [-0.39, 0.29) is 29.6 Å². The molecule has 2 rings (SSSR count). The lowest BCUT2D eigenvalue weighted by molar-refractivity contribution is 0.449. The van der Waals surface area contributed by atoms with Gasteiger partial charge < -0.3 is 10.8 Å². The average molecular weight is 292 g/mol. The van der Waals surface area contributed by atoms with Gasteiger partial charge in [0.1, 0.15) is 10.6 Å². The molecule has 0 unspecified atom stereocenters. The summed E-state index contributed by atoms with van der Waals surface area (Å²) in [6, 6.07) is 1.61. The van der Waals surface area contributed by atoms with Crippen molar-refractivity contribution >= 4 is 22.2 Å². The monoisotopic (exact) mass is 291 g/mol. The molecule has 1 aliphatic rings. The molecule has 3 N–H and O–H groups in total. The maximum Gasteiger partial charge on any atom is 0.179 e. The molecule has 0 bridgehead atoms. The van der Waals surface area contributed by atoms with Gasteiger partial charge in [-0.15, -0.1) is 12.4 Å². The molecule has 0 fully saturated rings. The fraction of sp³-hybridized carbons (Fsp3) is 0.500. The van der Waals surface area contributed by atoms with Crippen molar-refractivity contribution in [1.29, 1.82) is 0 Å². The largest absolute Gasteiger partial charge is 0.506 e. The standard InChI is InChI=1S/C12H17NO3S.ClH/c1-17(15,16)11-6-8-4-2-3-5-9(8)10(7-13)12(11)14;/h6,14H,2-5,7,13H2,1H3;1H. The lowest BCUT2D eigenvalue weighted by Crippen LogP contribution is -2.12. The van der Waals surface area contributed by atoms with Gasteiger partial charge in [0.2, 0.25) is 0 Å². The first kappa shape index (κ1) is 15.3. The topological polar surface area (TPSA) is 80.4 Å². The second-order valence-electron chi connectivity index (χ2n) is 4.52. The number of phenolic OH excluding ortho intramolecular Hbond substituents is 1. The van der Waals surface area contributed by atoms with Crippen LogP contribution in [0.5, 0.6) is 5.75 Å². The Morgan fingerprint density at radius 2 is 1.94 bits per heavy atom. The molecule has 0 heterocycles. The van der Waals surface area contributed by atoms with Gasteiger partial charge in [0.25, 0.3) is 0 Å². The minimum Gasteiger partial charge on any atom is -0.506 e. The minimum absolute atomic E-state index is 0. The molecule has 0 atom stereocenters. The van der Waals surface area contributed by atoms with E-state index >= 15 is 0 Å². The van der Waals surface area contributed by atoms with Crippen molar-refractivity contribution < 1.29 is 13.5 Å².